The molecule has 0 amide bonds. The van der Waals surface area contributed by atoms with Crippen LogP contribution in [0.5, 0.6) is 11.5 Å². The molecular formula is C18H14O4. The molecule has 0 saturated heterocycles. The number of fused-ring (bicyclic) bond motifs is 1. The smallest absolute Gasteiger partial charge is 0.189 e. The largest absolute Gasteiger partial charge is 0.507 e. The van der Waals surface area contributed by atoms with E-state index in [1.165, 1.54) is 25.3 Å². The Morgan fingerprint density at radius 2 is 2.00 bits per heavy atom. The molecule has 0 radical (unpaired) electrons. The zero-order valence-corrected chi connectivity index (χ0v) is 11.9. The fourth-order valence-corrected chi connectivity index (χ4v) is 2.18. The van der Waals surface area contributed by atoms with E-state index >= 15 is 0 Å². The third-order valence-corrected chi connectivity index (χ3v) is 3.31. The molecule has 110 valence electrons. The number of para-hydroxylation sites is 1. The quantitative estimate of drug-likeness (QED) is 0.582. The fourth-order valence-electron chi connectivity index (χ4n) is 2.18. The first kappa shape index (κ1) is 13.9. The maximum absolute atomic E-state index is 12.1. The highest BCUT2D eigenvalue weighted by molar-refractivity contribution is 6.08. The van der Waals surface area contributed by atoms with E-state index in [0.717, 1.165) is 11.0 Å². The Labute approximate surface area is 127 Å². The van der Waals surface area contributed by atoms with Crippen LogP contribution in [-0.2, 0) is 0 Å². The van der Waals surface area contributed by atoms with Gasteiger partial charge in [0.05, 0.1) is 12.7 Å². The van der Waals surface area contributed by atoms with Gasteiger partial charge in [-0.25, -0.2) is 0 Å². The van der Waals surface area contributed by atoms with Crippen molar-refractivity contribution in [3.8, 4) is 11.5 Å². The van der Waals surface area contributed by atoms with E-state index in [9.17, 15) is 9.90 Å². The summed E-state index contributed by atoms with van der Waals surface area (Å²) in [5.41, 5.74) is 0.982. The Balaban J connectivity index is 1.84. The van der Waals surface area contributed by atoms with Crippen LogP contribution in [0.25, 0.3) is 17.0 Å². The molecular weight excluding hydrogens is 280 g/mol. The molecule has 4 heteroatoms. The van der Waals surface area contributed by atoms with Crippen molar-refractivity contribution in [1.29, 1.82) is 0 Å². The highest BCUT2D eigenvalue weighted by atomic mass is 16.5. The molecule has 0 unspecified atom stereocenters. The van der Waals surface area contributed by atoms with Crippen molar-refractivity contribution in [2.75, 3.05) is 7.11 Å². The predicted molar refractivity (Wildman–Crippen MR) is 84.2 cm³/mol. The van der Waals surface area contributed by atoms with Crippen molar-refractivity contribution >= 4 is 22.8 Å². The molecule has 0 spiro atoms. The SMILES string of the molecule is COc1ccc(C(=O)C=Cc2cc3ccccc3o2)c(O)c1. The number of aromatic hydroxyl groups is 1. The molecule has 1 heterocycles. The molecule has 0 aliphatic carbocycles. The van der Waals surface area contributed by atoms with Crippen LogP contribution in [0.2, 0.25) is 0 Å². The van der Waals surface area contributed by atoms with Gasteiger partial charge < -0.3 is 14.3 Å². The number of hydrogen-bond acceptors (Lipinski definition) is 4. The number of carbonyl (C=O) groups is 1. The lowest BCUT2D eigenvalue weighted by Gasteiger charge is -2.03. The average Bonchev–Trinajstić information content (AvgIpc) is 2.95. The number of methoxy groups -OCH3 is 1. The molecule has 3 rings (SSSR count). The zero-order valence-electron chi connectivity index (χ0n) is 11.9. The number of hydrogen-bond donors (Lipinski definition) is 1. The lowest BCUT2D eigenvalue weighted by molar-refractivity contribution is 0.104. The number of carbonyl (C=O) groups excluding carboxylic acids is 1. The number of rotatable bonds is 4. The van der Waals surface area contributed by atoms with Crippen LogP contribution in [-0.4, -0.2) is 18.0 Å². The monoisotopic (exact) mass is 294 g/mol. The van der Waals surface area contributed by atoms with E-state index in [0.29, 0.717) is 11.5 Å². The van der Waals surface area contributed by atoms with Crippen LogP contribution in [0.4, 0.5) is 0 Å². The standard InChI is InChI=1S/C18H14O4/c1-21-13-6-8-15(17(20)11-13)16(19)9-7-14-10-12-4-2-3-5-18(12)22-14/h2-11,20H,1H3. The zero-order chi connectivity index (χ0) is 15.5. The molecule has 0 atom stereocenters. The van der Waals surface area contributed by atoms with E-state index in [2.05, 4.69) is 0 Å². The molecule has 0 bridgehead atoms. The second kappa shape index (κ2) is 5.77. The van der Waals surface area contributed by atoms with Gasteiger partial charge in [-0.3, -0.25) is 4.79 Å². The Bertz CT molecular complexity index is 825. The van der Waals surface area contributed by atoms with Crippen molar-refractivity contribution < 1.29 is 19.1 Å². The maximum atomic E-state index is 12.1. The van der Waals surface area contributed by atoms with Crippen molar-refractivity contribution in [2.24, 2.45) is 0 Å². The van der Waals surface area contributed by atoms with Crippen LogP contribution in [0, 0.1) is 0 Å². The summed E-state index contributed by atoms with van der Waals surface area (Å²) in [6.07, 6.45) is 2.96. The summed E-state index contributed by atoms with van der Waals surface area (Å²) in [6.45, 7) is 0. The summed E-state index contributed by atoms with van der Waals surface area (Å²) >= 11 is 0. The molecule has 0 aliphatic rings. The van der Waals surface area contributed by atoms with Gasteiger partial charge in [-0.2, -0.15) is 0 Å². The number of ketones is 1. The number of allylic oxidation sites excluding steroid dienone is 1. The molecule has 22 heavy (non-hydrogen) atoms. The van der Waals surface area contributed by atoms with Gasteiger partial charge in [0, 0.05) is 11.5 Å². The predicted octanol–water partition coefficient (Wildman–Crippen LogP) is 4.04. The first-order valence-corrected chi connectivity index (χ1v) is 6.75. The van der Waals surface area contributed by atoms with Gasteiger partial charge >= 0.3 is 0 Å². The van der Waals surface area contributed by atoms with E-state index in [1.807, 2.05) is 30.3 Å². The molecule has 0 fully saturated rings. The van der Waals surface area contributed by atoms with Crippen LogP contribution in [0.1, 0.15) is 16.1 Å². The lowest BCUT2D eigenvalue weighted by atomic mass is 10.1. The number of furan rings is 1. The first-order valence-electron chi connectivity index (χ1n) is 6.75. The van der Waals surface area contributed by atoms with Gasteiger partial charge in [-0.1, -0.05) is 18.2 Å². The second-order valence-corrected chi connectivity index (χ2v) is 4.77. The summed E-state index contributed by atoms with van der Waals surface area (Å²) in [7, 11) is 1.50. The minimum Gasteiger partial charge on any atom is -0.507 e. The van der Waals surface area contributed by atoms with Gasteiger partial charge in [-0.15, -0.1) is 0 Å². The summed E-state index contributed by atoms with van der Waals surface area (Å²) in [5.74, 6) is 0.664. The molecule has 0 saturated carbocycles. The topological polar surface area (TPSA) is 59.7 Å². The number of phenols is 1. The van der Waals surface area contributed by atoms with Gasteiger partial charge in [0.15, 0.2) is 5.78 Å². The third kappa shape index (κ3) is 2.72. The lowest BCUT2D eigenvalue weighted by Crippen LogP contribution is -1.95. The molecule has 1 aromatic heterocycles. The molecule has 3 aromatic rings. The summed E-state index contributed by atoms with van der Waals surface area (Å²) in [6, 6.07) is 14.0. The molecule has 0 aliphatic heterocycles. The summed E-state index contributed by atoms with van der Waals surface area (Å²) in [5, 5.41) is 10.8. The number of phenolic OH excluding ortho intramolecular Hbond substituents is 1. The van der Waals surface area contributed by atoms with Crippen molar-refractivity contribution in [2.45, 2.75) is 0 Å². The van der Waals surface area contributed by atoms with Crippen molar-refractivity contribution in [3.63, 3.8) is 0 Å². The highest BCUT2D eigenvalue weighted by Crippen LogP contribution is 2.25. The van der Waals surface area contributed by atoms with Crippen molar-refractivity contribution in [3.05, 3.63) is 65.9 Å². The van der Waals surface area contributed by atoms with Crippen molar-refractivity contribution in [1.82, 2.24) is 0 Å². The van der Waals surface area contributed by atoms with Gasteiger partial charge in [0.2, 0.25) is 0 Å². The Kier molecular flexibility index (Phi) is 3.66. The van der Waals surface area contributed by atoms with Crippen LogP contribution in [0.3, 0.4) is 0 Å². The number of ether oxygens (including phenoxy) is 1. The van der Waals surface area contributed by atoms with Gasteiger partial charge in [0.25, 0.3) is 0 Å². The Morgan fingerprint density at radius 3 is 2.73 bits per heavy atom. The molecule has 1 N–H and O–H groups in total. The molecule has 2 aromatic carbocycles. The second-order valence-electron chi connectivity index (χ2n) is 4.77. The van der Waals surface area contributed by atoms with Crippen LogP contribution >= 0.6 is 0 Å². The number of benzene rings is 2. The maximum Gasteiger partial charge on any atom is 0.189 e. The average molecular weight is 294 g/mol. The summed E-state index contributed by atoms with van der Waals surface area (Å²) in [4.78, 5) is 12.1. The highest BCUT2D eigenvalue weighted by Gasteiger charge is 2.09. The minimum absolute atomic E-state index is 0.112. The first-order chi connectivity index (χ1) is 10.7. The van der Waals surface area contributed by atoms with Gasteiger partial charge in [0.1, 0.15) is 22.8 Å². The Morgan fingerprint density at radius 1 is 1.18 bits per heavy atom. The van der Waals surface area contributed by atoms with Gasteiger partial charge in [-0.05, 0) is 36.4 Å². The van der Waals surface area contributed by atoms with E-state index in [1.54, 1.807) is 12.1 Å². The fraction of sp³-hybridized carbons (Fsp3) is 0.0556. The van der Waals surface area contributed by atoms with E-state index in [-0.39, 0.29) is 17.1 Å². The van der Waals surface area contributed by atoms with E-state index in [4.69, 9.17) is 9.15 Å². The Hall–Kier alpha value is -3.01. The summed E-state index contributed by atoms with van der Waals surface area (Å²) < 4.78 is 10.6. The molecule has 4 nitrogen and oxygen atoms in total. The van der Waals surface area contributed by atoms with Crippen LogP contribution < -0.4 is 4.74 Å². The van der Waals surface area contributed by atoms with E-state index < -0.39 is 0 Å². The normalized spacial score (nSPS) is 11.1. The van der Waals surface area contributed by atoms with Crippen LogP contribution in [0.15, 0.2) is 59.0 Å². The minimum atomic E-state index is -0.305. The third-order valence-electron chi connectivity index (χ3n) is 3.31.